The summed E-state index contributed by atoms with van der Waals surface area (Å²) >= 11 is 0. The fourth-order valence-corrected chi connectivity index (χ4v) is 1.59. The Balaban J connectivity index is 2.51. The predicted octanol–water partition coefficient (Wildman–Crippen LogP) is 2.90. The lowest BCUT2D eigenvalue weighted by atomic mass is 10.1. The molecule has 0 amide bonds. The van der Waals surface area contributed by atoms with Gasteiger partial charge in [-0.15, -0.1) is 0 Å². The van der Waals surface area contributed by atoms with Crippen molar-refractivity contribution < 1.29 is 9.84 Å². The highest BCUT2D eigenvalue weighted by molar-refractivity contribution is 5.28. The minimum Gasteiger partial charge on any atom is -0.494 e. The lowest BCUT2D eigenvalue weighted by molar-refractivity contribution is 0.0770. The summed E-state index contributed by atoms with van der Waals surface area (Å²) in [7, 11) is 0. The Morgan fingerprint density at radius 3 is 2.39 bits per heavy atom. The lowest BCUT2D eigenvalue weighted by Crippen LogP contribution is -2.36. The van der Waals surface area contributed by atoms with Gasteiger partial charge in [-0.3, -0.25) is 0 Å². The maximum absolute atomic E-state index is 9.67. The van der Waals surface area contributed by atoms with Crippen molar-refractivity contribution in [2.45, 2.75) is 45.8 Å². The summed E-state index contributed by atoms with van der Waals surface area (Å²) in [6.45, 7) is 9.11. The minimum atomic E-state index is -0.682. The summed E-state index contributed by atoms with van der Waals surface area (Å²) in [5.41, 5.74) is 0.515. The highest BCUT2D eigenvalue weighted by atomic mass is 16.5. The Labute approximate surface area is 110 Å². The Bertz CT molecular complexity index is 341. The van der Waals surface area contributed by atoms with E-state index in [1.54, 1.807) is 13.8 Å². The highest BCUT2D eigenvalue weighted by Crippen LogP contribution is 2.18. The van der Waals surface area contributed by atoms with E-state index >= 15 is 0 Å². The van der Waals surface area contributed by atoms with Gasteiger partial charge >= 0.3 is 0 Å². The molecule has 0 spiro atoms. The van der Waals surface area contributed by atoms with E-state index in [0.29, 0.717) is 6.54 Å². The summed E-state index contributed by atoms with van der Waals surface area (Å²) in [4.78, 5) is 0. The zero-order valence-corrected chi connectivity index (χ0v) is 11.9. The molecule has 0 aliphatic rings. The number of aliphatic hydroxyl groups is 1. The van der Waals surface area contributed by atoms with E-state index in [9.17, 15) is 5.11 Å². The average molecular weight is 251 g/mol. The van der Waals surface area contributed by atoms with Crippen LogP contribution in [0.2, 0.25) is 0 Å². The molecule has 0 aliphatic heterocycles. The number of rotatable bonds is 7. The van der Waals surface area contributed by atoms with Crippen LogP contribution < -0.4 is 10.1 Å². The molecule has 18 heavy (non-hydrogen) atoms. The van der Waals surface area contributed by atoms with Crippen LogP contribution in [-0.4, -0.2) is 23.9 Å². The minimum absolute atomic E-state index is 0.219. The molecule has 0 radical (unpaired) electrons. The molecular formula is C15H25NO2. The average Bonchev–Trinajstić information content (AvgIpc) is 2.33. The van der Waals surface area contributed by atoms with Gasteiger partial charge in [0.1, 0.15) is 5.75 Å². The summed E-state index contributed by atoms with van der Waals surface area (Å²) in [5, 5.41) is 13.0. The largest absolute Gasteiger partial charge is 0.494 e. The molecular weight excluding hydrogens is 226 g/mol. The van der Waals surface area contributed by atoms with Crippen LogP contribution in [-0.2, 0) is 0 Å². The second-order valence-electron chi connectivity index (χ2n) is 5.33. The Morgan fingerprint density at radius 2 is 1.89 bits per heavy atom. The van der Waals surface area contributed by atoms with Gasteiger partial charge in [0.05, 0.1) is 12.2 Å². The zero-order chi connectivity index (χ0) is 13.6. The molecule has 1 rings (SSSR count). The van der Waals surface area contributed by atoms with Crippen LogP contribution in [0.15, 0.2) is 24.3 Å². The van der Waals surface area contributed by atoms with E-state index in [1.165, 1.54) is 5.56 Å². The second kappa shape index (κ2) is 6.76. The molecule has 0 saturated carbocycles. The van der Waals surface area contributed by atoms with Gasteiger partial charge in [0.15, 0.2) is 0 Å². The summed E-state index contributed by atoms with van der Waals surface area (Å²) < 4.78 is 5.54. The van der Waals surface area contributed by atoms with Crippen LogP contribution in [0.3, 0.4) is 0 Å². The van der Waals surface area contributed by atoms with Gasteiger partial charge in [-0.05, 0) is 44.9 Å². The summed E-state index contributed by atoms with van der Waals surface area (Å²) in [6, 6.07) is 8.33. The first-order valence-electron chi connectivity index (χ1n) is 6.61. The van der Waals surface area contributed by atoms with Crippen molar-refractivity contribution in [1.29, 1.82) is 0 Å². The molecule has 0 heterocycles. The second-order valence-corrected chi connectivity index (χ2v) is 5.33. The van der Waals surface area contributed by atoms with Gasteiger partial charge in [-0.1, -0.05) is 19.1 Å². The van der Waals surface area contributed by atoms with Crippen molar-refractivity contribution in [2.24, 2.45) is 0 Å². The number of nitrogens with one attached hydrogen (secondary N) is 1. The van der Waals surface area contributed by atoms with Crippen LogP contribution in [0.4, 0.5) is 0 Å². The van der Waals surface area contributed by atoms with Crippen molar-refractivity contribution in [2.75, 3.05) is 13.2 Å². The monoisotopic (exact) mass is 251 g/mol. The summed E-state index contributed by atoms with van der Waals surface area (Å²) in [5.74, 6) is 0.912. The maximum Gasteiger partial charge on any atom is 0.119 e. The van der Waals surface area contributed by atoms with E-state index < -0.39 is 5.60 Å². The molecule has 3 nitrogen and oxygen atoms in total. The number of benzene rings is 1. The summed E-state index contributed by atoms with van der Waals surface area (Å²) in [6.07, 6.45) is 1.02. The van der Waals surface area contributed by atoms with Gasteiger partial charge in [0.2, 0.25) is 0 Å². The first-order valence-corrected chi connectivity index (χ1v) is 6.61. The van der Waals surface area contributed by atoms with Gasteiger partial charge in [0.25, 0.3) is 0 Å². The molecule has 0 bridgehead atoms. The third-order valence-corrected chi connectivity index (χ3v) is 2.69. The zero-order valence-electron chi connectivity index (χ0n) is 11.9. The fourth-order valence-electron chi connectivity index (χ4n) is 1.59. The molecule has 1 unspecified atom stereocenters. The van der Waals surface area contributed by atoms with Crippen molar-refractivity contribution in [3.63, 3.8) is 0 Å². The van der Waals surface area contributed by atoms with E-state index in [2.05, 4.69) is 31.3 Å². The SMILES string of the molecule is CCCOc1ccc(C(C)NCC(C)(C)O)cc1. The van der Waals surface area contributed by atoms with E-state index in [1.807, 2.05) is 12.1 Å². The van der Waals surface area contributed by atoms with Crippen LogP contribution in [0.1, 0.15) is 45.7 Å². The fraction of sp³-hybridized carbons (Fsp3) is 0.600. The highest BCUT2D eigenvalue weighted by Gasteiger charge is 2.14. The van der Waals surface area contributed by atoms with Crippen LogP contribution >= 0.6 is 0 Å². The quantitative estimate of drug-likeness (QED) is 0.783. The maximum atomic E-state index is 9.67. The molecule has 0 aliphatic carbocycles. The third-order valence-electron chi connectivity index (χ3n) is 2.69. The predicted molar refractivity (Wildman–Crippen MR) is 74.9 cm³/mol. The van der Waals surface area contributed by atoms with Crippen LogP contribution in [0, 0.1) is 0 Å². The third kappa shape index (κ3) is 5.52. The smallest absolute Gasteiger partial charge is 0.119 e. The molecule has 1 aromatic carbocycles. The van der Waals surface area contributed by atoms with Crippen molar-refractivity contribution in [3.05, 3.63) is 29.8 Å². The van der Waals surface area contributed by atoms with Crippen molar-refractivity contribution in [1.82, 2.24) is 5.32 Å². The van der Waals surface area contributed by atoms with Crippen LogP contribution in [0.25, 0.3) is 0 Å². The van der Waals surface area contributed by atoms with E-state index in [0.717, 1.165) is 18.8 Å². The Morgan fingerprint density at radius 1 is 1.28 bits per heavy atom. The molecule has 0 saturated heterocycles. The molecule has 3 heteroatoms. The number of ether oxygens (including phenoxy) is 1. The van der Waals surface area contributed by atoms with Gasteiger partial charge < -0.3 is 15.2 Å². The van der Waals surface area contributed by atoms with Crippen LogP contribution in [0.5, 0.6) is 5.75 Å². The van der Waals surface area contributed by atoms with Gasteiger partial charge in [-0.2, -0.15) is 0 Å². The van der Waals surface area contributed by atoms with E-state index in [-0.39, 0.29) is 6.04 Å². The normalized spacial score (nSPS) is 13.4. The van der Waals surface area contributed by atoms with E-state index in [4.69, 9.17) is 4.74 Å². The molecule has 1 aromatic rings. The first kappa shape index (κ1) is 15.0. The molecule has 102 valence electrons. The molecule has 0 fully saturated rings. The molecule has 1 atom stereocenters. The van der Waals surface area contributed by atoms with Crippen molar-refractivity contribution in [3.8, 4) is 5.75 Å². The molecule has 2 N–H and O–H groups in total. The lowest BCUT2D eigenvalue weighted by Gasteiger charge is -2.22. The number of hydrogen-bond donors (Lipinski definition) is 2. The Kier molecular flexibility index (Phi) is 5.63. The standard InChI is InChI=1S/C15H25NO2/c1-5-10-18-14-8-6-13(7-9-14)12(2)16-11-15(3,4)17/h6-9,12,16-17H,5,10-11H2,1-4H3. The van der Waals surface area contributed by atoms with Gasteiger partial charge in [-0.25, -0.2) is 0 Å². The van der Waals surface area contributed by atoms with Gasteiger partial charge in [0, 0.05) is 12.6 Å². The number of hydrogen-bond acceptors (Lipinski definition) is 3. The molecule has 0 aromatic heterocycles. The topological polar surface area (TPSA) is 41.5 Å². The first-order chi connectivity index (χ1) is 8.42. The Hall–Kier alpha value is -1.06. The van der Waals surface area contributed by atoms with Crippen molar-refractivity contribution >= 4 is 0 Å².